The highest BCUT2D eigenvalue weighted by Crippen LogP contribution is 2.15. The maximum atomic E-state index is 12.2. The predicted molar refractivity (Wildman–Crippen MR) is 91.4 cm³/mol. The Morgan fingerprint density at radius 2 is 1.48 bits per heavy atom. The summed E-state index contributed by atoms with van der Waals surface area (Å²) in [4.78, 5) is 16.0. The van der Waals surface area contributed by atoms with E-state index >= 15 is 0 Å². The van der Waals surface area contributed by atoms with Gasteiger partial charge in [0, 0.05) is 0 Å². The molecule has 23 heavy (non-hydrogen) atoms. The number of aryl methyl sites for hydroxylation is 1. The fourth-order valence-corrected chi connectivity index (χ4v) is 3.11. The lowest BCUT2D eigenvalue weighted by Gasteiger charge is -2.08. The Hall–Kier alpha value is -2.34. The van der Waals surface area contributed by atoms with E-state index in [2.05, 4.69) is 9.39 Å². The van der Waals surface area contributed by atoms with Crippen LogP contribution in [0.5, 0.6) is 0 Å². The molecule has 0 heterocycles. The number of sulfonamides is 1. The lowest BCUT2D eigenvalue weighted by atomic mass is 9.98. The summed E-state index contributed by atoms with van der Waals surface area (Å²) in [6, 6.07) is 6.47. The Morgan fingerprint density at radius 3 is 2.00 bits per heavy atom. The smallest absolute Gasteiger partial charge is 0.283 e. The molecule has 120 valence electrons. The summed E-state index contributed by atoms with van der Waals surface area (Å²) in [5, 5.41) is 0. The van der Waals surface area contributed by atoms with Gasteiger partial charge in [-0.3, -0.25) is 4.79 Å². The van der Waals surface area contributed by atoms with Gasteiger partial charge in [0.25, 0.3) is 10.0 Å². The molecule has 0 N–H and O–H groups in total. The lowest BCUT2D eigenvalue weighted by Crippen LogP contribution is -2.11. The van der Waals surface area contributed by atoms with Crippen molar-refractivity contribution < 1.29 is 13.2 Å². The van der Waals surface area contributed by atoms with Gasteiger partial charge in [-0.25, -0.2) is 4.99 Å². The second kappa shape index (κ2) is 6.42. The third-order valence-corrected chi connectivity index (χ3v) is 4.68. The number of carbonyl (C=O) groups is 1. The minimum atomic E-state index is -3.79. The molecule has 0 atom stereocenters. The first-order valence-corrected chi connectivity index (χ1v) is 8.51. The molecule has 0 saturated carbocycles. The molecule has 0 bridgehead atoms. The molecule has 0 unspecified atom stereocenters. The van der Waals surface area contributed by atoms with Crippen molar-refractivity contribution in [2.45, 2.75) is 32.6 Å². The van der Waals surface area contributed by atoms with Crippen molar-refractivity contribution in [3.63, 3.8) is 0 Å². The van der Waals surface area contributed by atoms with E-state index in [4.69, 9.17) is 0 Å². The van der Waals surface area contributed by atoms with Gasteiger partial charge in [-0.1, -0.05) is 17.7 Å². The van der Waals surface area contributed by atoms with E-state index in [-0.39, 0.29) is 16.5 Å². The van der Waals surface area contributed by atoms with Crippen LogP contribution in [0, 0.1) is 6.92 Å². The van der Waals surface area contributed by atoms with Gasteiger partial charge in [0.2, 0.25) is 0 Å². The van der Waals surface area contributed by atoms with E-state index in [0.717, 1.165) is 5.56 Å². The van der Waals surface area contributed by atoms with Crippen LogP contribution in [0.25, 0.3) is 0 Å². The molecule has 2 rings (SSSR count). The van der Waals surface area contributed by atoms with E-state index in [1.807, 2.05) is 6.92 Å². The molecule has 1 aliphatic rings. The van der Waals surface area contributed by atoms with Crippen LogP contribution in [0.2, 0.25) is 0 Å². The first kappa shape index (κ1) is 17.0. The van der Waals surface area contributed by atoms with E-state index in [1.165, 1.54) is 19.1 Å². The molecular formula is C17H18N2O3S. The van der Waals surface area contributed by atoms with Crippen molar-refractivity contribution in [3.8, 4) is 0 Å². The first-order valence-electron chi connectivity index (χ1n) is 7.07. The highest BCUT2D eigenvalue weighted by molar-refractivity contribution is 7.90. The largest absolute Gasteiger partial charge is 0.289 e. The molecule has 5 nitrogen and oxygen atoms in total. The molecule has 0 aliphatic heterocycles. The van der Waals surface area contributed by atoms with E-state index in [9.17, 15) is 13.2 Å². The normalized spacial score (nSPS) is 16.1. The van der Waals surface area contributed by atoms with Crippen molar-refractivity contribution in [1.82, 2.24) is 0 Å². The molecule has 0 spiro atoms. The Morgan fingerprint density at radius 1 is 0.957 bits per heavy atom. The highest BCUT2D eigenvalue weighted by Gasteiger charge is 2.15. The van der Waals surface area contributed by atoms with Crippen LogP contribution >= 0.6 is 0 Å². The van der Waals surface area contributed by atoms with Crippen molar-refractivity contribution in [3.05, 3.63) is 53.1 Å². The van der Waals surface area contributed by atoms with E-state index in [0.29, 0.717) is 16.9 Å². The number of rotatable bonds is 2. The van der Waals surface area contributed by atoms with Crippen LogP contribution in [-0.2, 0) is 14.8 Å². The fourth-order valence-electron chi connectivity index (χ4n) is 2.14. The summed E-state index contributed by atoms with van der Waals surface area (Å²) in [7, 11) is -3.79. The second-order valence-corrected chi connectivity index (χ2v) is 7.05. The number of Topliss-reactive ketones (excluding diaryl/α,β-unsaturated/α-hetero) is 1. The SMILES string of the molecule is CC1=CC(=N/C(C)=N/S(=O)(=O)c2ccc(C)cc2)C=C(C)C1=O. The summed E-state index contributed by atoms with van der Waals surface area (Å²) in [5.74, 6) is 0.0776. The van der Waals surface area contributed by atoms with Crippen LogP contribution in [-0.4, -0.2) is 25.7 Å². The molecule has 6 heteroatoms. The van der Waals surface area contributed by atoms with Gasteiger partial charge in [-0.15, -0.1) is 4.40 Å². The van der Waals surface area contributed by atoms with Gasteiger partial charge in [-0.2, -0.15) is 8.42 Å². The standard InChI is InChI=1S/C17H18N2O3S/c1-11-5-7-16(8-6-11)23(21,22)19-14(4)18-15-9-12(2)17(20)13(3)10-15/h5-10H,1-4H3/b19-14+. The Balaban J connectivity index is 2.35. The van der Waals surface area contributed by atoms with Gasteiger partial charge in [0.1, 0.15) is 5.84 Å². The number of hydrogen-bond acceptors (Lipinski definition) is 3. The molecule has 0 fully saturated rings. The van der Waals surface area contributed by atoms with Gasteiger partial charge < -0.3 is 0 Å². The molecule has 1 aliphatic carbocycles. The number of ketones is 1. The lowest BCUT2D eigenvalue weighted by molar-refractivity contribution is -0.112. The average molecular weight is 330 g/mol. The maximum absolute atomic E-state index is 12.2. The van der Waals surface area contributed by atoms with Crippen LogP contribution in [0.3, 0.4) is 0 Å². The quantitative estimate of drug-likeness (QED) is 0.475. The number of hydrogen-bond donors (Lipinski definition) is 0. The number of carbonyl (C=O) groups excluding carboxylic acids is 1. The summed E-state index contributed by atoms with van der Waals surface area (Å²) in [6.07, 6.45) is 3.24. The van der Waals surface area contributed by atoms with Crippen molar-refractivity contribution in [2.75, 3.05) is 0 Å². The number of nitrogens with zero attached hydrogens (tertiary/aromatic N) is 2. The van der Waals surface area contributed by atoms with Gasteiger partial charge >= 0.3 is 0 Å². The topological polar surface area (TPSA) is 75.9 Å². The molecule has 1 aromatic carbocycles. The molecule has 1 aromatic rings. The fraction of sp³-hybridized carbons (Fsp3) is 0.235. The van der Waals surface area contributed by atoms with Crippen LogP contribution < -0.4 is 0 Å². The molecule has 0 saturated heterocycles. The maximum Gasteiger partial charge on any atom is 0.283 e. The van der Waals surface area contributed by atoms with E-state index in [1.54, 1.807) is 38.1 Å². The molecule has 0 amide bonds. The van der Waals surface area contributed by atoms with Crippen molar-refractivity contribution >= 4 is 27.4 Å². The van der Waals surface area contributed by atoms with Crippen molar-refractivity contribution in [2.24, 2.45) is 9.39 Å². The van der Waals surface area contributed by atoms with E-state index < -0.39 is 10.0 Å². The zero-order valence-corrected chi connectivity index (χ0v) is 14.3. The van der Waals surface area contributed by atoms with Crippen LogP contribution in [0.15, 0.2) is 61.8 Å². The number of allylic oxidation sites excluding steroid dienone is 4. The highest BCUT2D eigenvalue weighted by atomic mass is 32.2. The molecule has 0 aromatic heterocycles. The summed E-state index contributed by atoms with van der Waals surface area (Å²) >= 11 is 0. The summed E-state index contributed by atoms with van der Waals surface area (Å²) < 4.78 is 28.2. The third-order valence-electron chi connectivity index (χ3n) is 3.31. The number of amidine groups is 1. The third kappa shape index (κ3) is 4.10. The zero-order valence-electron chi connectivity index (χ0n) is 13.5. The van der Waals surface area contributed by atoms with Crippen LogP contribution in [0.4, 0.5) is 0 Å². The second-order valence-electron chi connectivity index (χ2n) is 5.45. The monoisotopic (exact) mass is 330 g/mol. The van der Waals surface area contributed by atoms with Crippen LogP contribution in [0.1, 0.15) is 26.3 Å². The number of benzene rings is 1. The first-order chi connectivity index (χ1) is 10.7. The predicted octanol–water partition coefficient (Wildman–Crippen LogP) is 3.02. The Kier molecular flexibility index (Phi) is 4.75. The zero-order chi connectivity index (χ0) is 17.2. The Bertz CT molecular complexity index is 847. The molecular weight excluding hydrogens is 312 g/mol. The summed E-state index contributed by atoms with van der Waals surface area (Å²) in [6.45, 7) is 6.79. The average Bonchev–Trinajstić information content (AvgIpc) is 2.44. The molecule has 0 radical (unpaired) electrons. The van der Waals surface area contributed by atoms with Crippen molar-refractivity contribution in [1.29, 1.82) is 0 Å². The van der Waals surface area contributed by atoms with Gasteiger partial charge in [0.05, 0.1) is 10.6 Å². The Labute approximate surface area is 136 Å². The summed E-state index contributed by atoms with van der Waals surface area (Å²) in [5.41, 5.74) is 2.62. The minimum Gasteiger partial charge on any atom is -0.289 e. The van der Waals surface area contributed by atoms with Gasteiger partial charge in [-0.05, 0) is 63.1 Å². The number of aliphatic imine (C=N–C) groups is 1. The minimum absolute atomic E-state index is 0.0363. The van der Waals surface area contributed by atoms with Gasteiger partial charge in [0.15, 0.2) is 5.78 Å².